The first-order chi connectivity index (χ1) is 16.7. The molecular formula is C29H30N2O3. The largest absolute Gasteiger partial charge is 0.457 e. The number of esters is 1. The fraction of sp³-hybridized carbons (Fsp3) is 0.276. The van der Waals surface area contributed by atoms with E-state index in [9.17, 15) is 9.59 Å². The van der Waals surface area contributed by atoms with Crippen molar-refractivity contribution in [2.24, 2.45) is 4.99 Å². The Kier molecular flexibility index (Phi) is 7.87. The average Bonchev–Trinajstić information content (AvgIpc) is 3.16. The van der Waals surface area contributed by atoms with Gasteiger partial charge in [0.1, 0.15) is 18.5 Å². The second kappa shape index (κ2) is 11.4. The lowest BCUT2D eigenvalue weighted by atomic mass is 10.00. The van der Waals surface area contributed by atoms with E-state index < -0.39 is 6.04 Å². The first kappa shape index (κ1) is 23.4. The van der Waals surface area contributed by atoms with Gasteiger partial charge in [0.25, 0.3) is 5.91 Å². The normalized spacial score (nSPS) is 15.3. The third-order valence-electron chi connectivity index (χ3n) is 5.97. The molecular weight excluding hydrogens is 424 g/mol. The van der Waals surface area contributed by atoms with E-state index in [1.54, 1.807) is 6.07 Å². The summed E-state index contributed by atoms with van der Waals surface area (Å²) in [4.78, 5) is 32.9. The zero-order valence-corrected chi connectivity index (χ0v) is 19.5. The van der Waals surface area contributed by atoms with Gasteiger partial charge < -0.3 is 4.74 Å². The summed E-state index contributed by atoms with van der Waals surface area (Å²) in [5, 5.41) is 0. The molecule has 0 aliphatic carbocycles. The second-order valence-electron chi connectivity index (χ2n) is 8.50. The van der Waals surface area contributed by atoms with E-state index >= 15 is 0 Å². The molecule has 3 aromatic rings. The molecule has 0 radical (unpaired) electrons. The van der Waals surface area contributed by atoms with Crippen molar-refractivity contribution in [2.75, 3.05) is 0 Å². The number of hydrogen-bond donors (Lipinski definition) is 0. The Hall–Kier alpha value is -3.73. The lowest BCUT2D eigenvalue weighted by Gasteiger charge is -2.19. The van der Waals surface area contributed by atoms with Crippen LogP contribution in [0.1, 0.15) is 53.2 Å². The number of unbranched alkanes of at least 4 members (excludes halogenated alkanes) is 1. The van der Waals surface area contributed by atoms with Crippen LogP contribution in [-0.4, -0.2) is 28.7 Å². The summed E-state index contributed by atoms with van der Waals surface area (Å²) >= 11 is 0. The van der Waals surface area contributed by atoms with E-state index in [1.807, 2.05) is 83.8 Å². The number of benzene rings is 3. The van der Waals surface area contributed by atoms with E-state index in [4.69, 9.17) is 9.73 Å². The quantitative estimate of drug-likeness (QED) is 0.376. The molecule has 174 valence electrons. The molecule has 4 rings (SSSR count). The Morgan fingerprint density at radius 2 is 1.56 bits per heavy atom. The fourth-order valence-electron chi connectivity index (χ4n) is 4.12. The number of ether oxygens (including phenoxy) is 1. The van der Waals surface area contributed by atoms with Gasteiger partial charge in [-0.2, -0.15) is 0 Å². The summed E-state index contributed by atoms with van der Waals surface area (Å²) in [5.41, 5.74) is 3.27. The van der Waals surface area contributed by atoms with E-state index in [0.717, 1.165) is 41.8 Å². The van der Waals surface area contributed by atoms with Crippen molar-refractivity contribution < 1.29 is 14.3 Å². The third kappa shape index (κ3) is 5.79. The van der Waals surface area contributed by atoms with Gasteiger partial charge in [0, 0.05) is 12.8 Å². The number of aliphatic imine (C=N–C) groups is 1. The lowest BCUT2D eigenvalue weighted by molar-refractivity contribution is -0.127. The minimum atomic E-state index is -0.529. The molecule has 0 bridgehead atoms. The van der Waals surface area contributed by atoms with Gasteiger partial charge in [-0.05, 0) is 29.2 Å². The van der Waals surface area contributed by atoms with Crippen LogP contribution in [-0.2, 0) is 29.1 Å². The van der Waals surface area contributed by atoms with Crippen LogP contribution in [0.15, 0.2) is 89.9 Å². The topological polar surface area (TPSA) is 59.0 Å². The monoisotopic (exact) mass is 454 g/mol. The minimum Gasteiger partial charge on any atom is -0.457 e. The van der Waals surface area contributed by atoms with Crippen LogP contribution >= 0.6 is 0 Å². The summed E-state index contributed by atoms with van der Waals surface area (Å²) in [7, 11) is 0. The molecule has 5 nitrogen and oxygen atoms in total. The number of nitrogens with zero attached hydrogens (tertiary/aromatic N) is 2. The van der Waals surface area contributed by atoms with Gasteiger partial charge >= 0.3 is 5.97 Å². The van der Waals surface area contributed by atoms with Crippen molar-refractivity contribution in [1.82, 2.24) is 4.90 Å². The highest BCUT2D eigenvalue weighted by molar-refractivity contribution is 6.06. The van der Waals surface area contributed by atoms with Crippen LogP contribution in [0.2, 0.25) is 0 Å². The number of carbonyl (C=O) groups excluding carboxylic acids is 2. The van der Waals surface area contributed by atoms with Crippen LogP contribution < -0.4 is 0 Å². The zero-order chi connectivity index (χ0) is 23.8. The van der Waals surface area contributed by atoms with Gasteiger partial charge in [0.2, 0.25) is 0 Å². The van der Waals surface area contributed by atoms with Gasteiger partial charge in [-0.3, -0.25) is 14.7 Å². The summed E-state index contributed by atoms with van der Waals surface area (Å²) in [6.07, 6.45) is 3.16. The highest BCUT2D eigenvalue weighted by atomic mass is 16.5. The molecule has 0 aromatic heterocycles. The van der Waals surface area contributed by atoms with Crippen molar-refractivity contribution in [3.63, 3.8) is 0 Å². The van der Waals surface area contributed by atoms with Crippen molar-refractivity contribution in [1.29, 1.82) is 0 Å². The molecule has 0 fully saturated rings. The van der Waals surface area contributed by atoms with Gasteiger partial charge in [-0.15, -0.1) is 0 Å². The molecule has 34 heavy (non-hydrogen) atoms. The van der Waals surface area contributed by atoms with E-state index in [0.29, 0.717) is 18.5 Å². The van der Waals surface area contributed by atoms with Crippen LogP contribution in [0.5, 0.6) is 0 Å². The van der Waals surface area contributed by atoms with E-state index in [2.05, 4.69) is 6.92 Å². The molecule has 0 saturated heterocycles. The lowest BCUT2D eigenvalue weighted by Crippen LogP contribution is -2.35. The molecule has 1 unspecified atom stereocenters. The molecule has 1 aliphatic rings. The molecule has 1 heterocycles. The Morgan fingerprint density at radius 1 is 0.912 bits per heavy atom. The van der Waals surface area contributed by atoms with Gasteiger partial charge in [-0.1, -0.05) is 92.2 Å². The molecule has 1 aliphatic heterocycles. The predicted octanol–water partition coefficient (Wildman–Crippen LogP) is 5.59. The predicted molar refractivity (Wildman–Crippen MR) is 133 cm³/mol. The van der Waals surface area contributed by atoms with Gasteiger partial charge in [0.05, 0.1) is 12.1 Å². The Bertz CT molecular complexity index is 1140. The zero-order valence-electron chi connectivity index (χ0n) is 19.5. The van der Waals surface area contributed by atoms with E-state index in [1.165, 1.54) is 0 Å². The molecule has 1 amide bonds. The SMILES string of the molecule is CCCCC1=NC(Cc2ccccc2C(=O)OCc2ccccc2)C(=O)N1Cc1ccccc1. The fourth-order valence-corrected chi connectivity index (χ4v) is 4.12. The molecule has 0 N–H and O–H groups in total. The van der Waals surface area contributed by atoms with Crippen LogP contribution in [0.25, 0.3) is 0 Å². The molecule has 3 aromatic carbocycles. The third-order valence-corrected chi connectivity index (χ3v) is 5.97. The van der Waals surface area contributed by atoms with Crippen molar-refractivity contribution in [3.05, 3.63) is 107 Å². The molecule has 0 saturated carbocycles. The number of hydrogen-bond acceptors (Lipinski definition) is 4. The van der Waals surface area contributed by atoms with E-state index in [-0.39, 0.29) is 18.5 Å². The summed E-state index contributed by atoms with van der Waals surface area (Å²) < 4.78 is 5.55. The number of amidine groups is 1. The van der Waals surface area contributed by atoms with Crippen LogP contribution in [0.4, 0.5) is 0 Å². The number of amides is 1. The molecule has 1 atom stereocenters. The highest BCUT2D eigenvalue weighted by Crippen LogP contribution is 2.23. The Balaban J connectivity index is 1.49. The molecule has 0 spiro atoms. The maximum Gasteiger partial charge on any atom is 0.338 e. The smallest absolute Gasteiger partial charge is 0.338 e. The number of rotatable bonds is 10. The van der Waals surface area contributed by atoms with Crippen molar-refractivity contribution in [2.45, 2.75) is 51.8 Å². The summed E-state index contributed by atoms with van der Waals surface area (Å²) in [5.74, 6) is 0.438. The maximum atomic E-state index is 13.4. The second-order valence-corrected chi connectivity index (χ2v) is 8.50. The first-order valence-electron chi connectivity index (χ1n) is 11.9. The van der Waals surface area contributed by atoms with Crippen molar-refractivity contribution in [3.8, 4) is 0 Å². The maximum absolute atomic E-state index is 13.4. The first-order valence-corrected chi connectivity index (χ1v) is 11.9. The van der Waals surface area contributed by atoms with Gasteiger partial charge in [0.15, 0.2) is 0 Å². The Labute approximate surface area is 201 Å². The summed E-state index contributed by atoms with van der Waals surface area (Å²) in [6.45, 7) is 2.85. The standard InChI is InChI=1S/C29H30N2O3/c1-2-3-18-27-30-26(28(32)31(27)20-22-12-6-4-7-13-22)19-24-16-10-11-17-25(24)29(33)34-21-23-14-8-5-9-15-23/h4-17,26H,2-3,18-21H2,1H3. The van der Waals surface area contributed by atoms with Crippen LogP contribution in [0, 0.1) is 0 Å². The van der Waals surface area contributed by atoms with Crippen LogP contribution in [0.3, 0.4) is 0 Å². The summed E-state index contributed by atoms with van der Waals surface area (Å²) in [6, 6.07) is 26.4. The van der Waals surface area contributed by atoms with Crippen molar-refractivity contribution >= 4 is 17.7 Å². The van der Waals surface area contributed by atoms with Gasteiger partial charge in [-0.25, -0.2) is 4.79 Å². The molecule has 5 heteroatoms. The average molecular weight is 455 g/mol. The highest BCUT2D eigenvalue weighted by Gasteiger charge is 2.34. The Morgan fingerprint density at radius 3 is 2.26 bits per heavy atom. The minimum absolute atomic E-state index is 0.0117. The number of carbonyl (C=O) groups is 2.